The Hall–Kier alpha value is -3.01. The number of benzene rings is 1. The average Bonchev–Trinajstić information content (AvgIpc) is 3.32. The van der Waals surface area contributed by atoms with Crippen molar-refractivity contribution < 1.29 is 9.13 Å². The van der Waals surface area contributed by atoms with E-state index in [0.717, 1.165) is 37.6 Å². The highest BCUT2D eigenvalue weighted by Crippen LogP contribution is 2.38. The zero-order chi connectivity index (χ0) is 21.9. The van der Waals surface area contributed by atoms with Crippen molar-refractivity contribution in [3.05, 3.63) is 73.2 Å². The number of fused-ring (bicyclic) bond motifs is 2. The van der Waals surface area contributed by atoms with E-state index in [1.165, 1.54) is 30.7 Å². The van der Waals surface area contributed by atoms with Gasteiger partial charge in [-0.15, -0.1) is 22.7 Å². The minimum Gasteiger partial charge on any atom is -0.494 e. The van der Waals surface area contributed by atoms with Crippen molar-refractivity contribution in [2.24, 2.45) is 0 Å². The number of nitrogens with one attached hydrogen (secondary N) is 1. The summed E-state index contributed by atoms with van der Waals surface area (Å²) >= 11 is 8.90. The maximum atomic E-state index is 13.9. The lowest BCUT2D eigenvalue weighted by atomic mass is 10.1. The van der Waals surface area contributed by atoms with Gasteiger partial charge in [-0.25, -0.2) is 13.8 Å². The van der Waals surface area contributed by atoms with Crippen LogP contribution in [-0.2, 0) is 0 Å². The van der Waals surface area contributed by atoms with E-state index in [2.05, 4.69) is 9.97 Å². The van der Waals surface area contributed by atoms with Gasteiger partial charge in [0, 0.05) is 22.0 Å². The summed E-state index contributed by atoms with van der Waals surface area (Å²) in [4.78, 5) is 33.8. The van der Waals surface area contributed by atoms with Crippen molar-refractivity contribution in [3.8, 4) is 21.9 Å². The first-order valence-corrected chi connectivity index (χ1v) is 11.1. The summed E-state index contributed by atoms with van der Waals surface area (Å²) in [6.45, 7) is 1.92. The zero-order valence-electron chi connectivity index (χ0n) is 16.2. The quantitative estimate of drug-likeness (QED) is 0.394. The molecule has 0 aliphatic heterocycles. The number of pyridine rings is 1. The topological polar surface area (TPSA) is 77.0 Å². The molecule has 156 valence electrons. The number of ether oxygens (including phenoxy) is 1. The second-order valence-electron chi connectivity index (χ2n) is 6.84. The van der Waals surface area contributed by atoms with Crippen LogP contribution in [0.2, 0.25) is 5.02 Å². The molecule has 10 heteroatoms. The van der Waals surface area contributed by atoms with E-state index < -0.39 is 17.1 Å². The Balaban J connectivity index is 1.78. The molecule has 0 atom stereocenters. The molecule has 1 aromatic carbocycles. The molecule has 0 saturated heterocycles. The van der Waals surface area contributed by atoms with Crippen LogP contribution in [0.15, 0.2) is 45.6 Å². The summed E-state index contributed by atoms with van der Waals surface area (Å²) < 4.78 is 21.3. The first-order chi connectivity index (χ1) is 14.9. The van der Waals surface area contributed by atoms with Gasteiger partial charge < -0.3 is 9.72 Å². The summed E-state index contributed by atoms with van der Waals surface area (Å²) in [6, 6.07) is 4.28. The predicted molar refractivity (Wildman–Crippen MR) is 123 cm³/mol. The van der Waals surface area contributed by atoms with E-state index >= 15 is 0 Å². The smallest absolute Gasteiger partial charge is 0.333 e. The molecule has 5 rings (SSSR count). The predicted octanol–water partition coefficient (Wildman–Crippen LogP) is 5.13. The van der Waals surface area contributed by atoms with Crippen LogP contribution < -0.4 is 16.0 Å². The largest absolute Gasteiger partial charge is 0.494 e. The molecule has 0 saturated carbocycles. The minimum absolute atomic E-state index is 0.0356. The number of aromatic amines is 1. The second kappa shape index (κ2) is 7.30. The lowest BCUT2D eigenvalue weighted by Gasteiger charge is -2.06. The number of rotatable bonds is 3. The average molecular weight is 474 g/mol. The SMILES string of the molecule is COc1cc(-c2cc3[nH]c(=O)n(-c4cncc5scc(C)c45)c(=O)c3s2)c(Cl)cc1F. The van der Waals surface area contributed by atoms with Crippen LogP contribution in [0.3, 0.4) is 0 Å². The molecule has 0 radical (unpaired) electrons. The number of H-pyrrole nitrogens is 1. The molecule has 0 spiro atoms. The van der Waals surface area contributed by atoms with Crippen molar-refractivity contribution >= 4 is 54.6 Å². The van der Waals surface area contributed by atoms with Crippen LogP contribution in [0.4, 0.5) is 4.39 Å². The summed E-state index contributed by atoms with van der Waals surface area (Å²) in [5.41, 5.74) is 1.25. The first kappa shape index (κ1) is 19.9. The van der Waals surface area contributed by atoms with Gasteiger partial charge in [-0.1, -0.05) is 11.6 Å². The number of aryl methyl sites for hydroxylation is 1. The fourth-order valence-corrected chi connectivity index (χ4v) is 5.84. The zero-order valence-corrected chi connectivity index (χ0v) is 18.5. The molecule has 31 heavy (non-hydrogen) atoms. The van der Waals surface area contributed by atoms with Crippen molar-refractivity contribution in [2.75, 3.05) is 7.11 Å². The van der Waals surface area contributed by atoms with Crippen molar-refractivity contribution in [1.82, 2.24) is 14.5 Å². The standard InChI is InChI=1S/C21H13ClFN3O3S2/c1-9-8-30-17-7-24-6-14(18(9)17)26-20(27)19-13(25-21(26)28)5-16(31-19)10-3-15(29-2)12(23)4-11(10)22/h3-8H,1-2H3,(H,25,28). The number of nitrogens with zero attached hydrogens (tertiary/aromatic N) is 2. The van der Waals surface area contributed by atoms with E-state index in [9.17, 15) is 14.0 Å². The Kier molecular flexibility index (Phi) is 4.69. The third-order valence-corrected chi connectivity index (χ3v) is 7.47. The normalized spacial score (nSPS) is 11.5. The highest BCUT2D eigenvalue weighted by molar-refractivity contribution is 7.22. The summed E-state index contributed by atoms with van der Waals surface area (Å²) in [5.74, 6) is -0.548. The molecule has 0 unspecified atom stereocenters. The lowest BCUT2D eigenvalue weighted by molar-refractivity contribution is 0.387. The van der Waals surface area contributed by atoms with Gasteiger partial charge in [0.1, 0.15) is 4.70 Å². The van der Waals surface area contributed by atoms with Gasteiger partial charge in [0.05, 0.1) is 34.2 Å². The Morgan fingerprint density at radius 1 is 1.23 bits per heavy atom. The number of thiophene rings is 2. The number of hydrogen-bond acceptors (Lipinski definition) is 6. The van der Waals surface area contributed by atoms with Gasteiger partial charge in [-0.2, -0.15) is 0 Å². The van der Waals surface area contributed by atoms with Gasteiger partial charge in [0.15, 0.2) is 11.6 Å². The highest BCUT2D eigenvalue weighted by Gasteiger charge is 2.19. The molecule has 0 aliphatic carbocycles. The van der Waals surface area contributed by atoms with Crippen molar-refractivity contribution in [2.45, 2.75) is 6.92 Å². The molecule has 4 heterocycles. The minimum atomic E-state index is -0.583. The Labute approximate surface area is 187 Å². The van der Waals surface area contributed by atoms with Gasteiger partial charge in [0.2, 0.25) is 0 Å². The highest BCUT2D eigenvalue weighted by atomic mass is 35.5. The van der Waals surface area contributed by atoms with E-state index in [4.69, 9.17) is 16.3 Å². The first-order valence-electron chi connectivity index (χ1n) is 9.03. The third-order valence-electron chi connectivity index (χ3n) is 4.97. The monoisotopic (exact) mass is 473 g/mol. The van der Waals surface area contributed by atoms with Crippen LogP contribution in [-0.4, -0.2) is 21.6 Å². The fraction of sp³-hybridized carbons (Fsp3) is 0.0952. The van der Waals surface area contributed by atoms with E-state index in [-0.39, 0.29) is 10.8 Å². The summed E-state index contributed by atoms with van der Waals surface area (Å²) in [7, 11) is 1.36. The molecule has 6 nitrogen and oxygen atoms in total. The second-order valence-corrected chi connectivity index (χ2v) is 9.21. The van der Waals surface area contributed by atoms with Crippen LogP contribution in [0.1, 0.15) is 5.56 Å². The van der Waals surface area contributed by atoms with Gasteiger partial charge in [-0.3, -0.25) is 9.78 Å². The maximum Gasteiger partial charge on any atom is 0.333 e. The number of aromatic nitrogens is 3. The van der Waals surface area contributed by atoms with Gasteiger partial charge >= 0.3 is 5.69 Å². The molecule has 5 aromatic rings. The van der Waals surface area contributed by atoms with Crippen LogP contribution in [0.25, 0.3) is 36.4 Å². The summed E-state index contributed by atoms with van der Waals surface area (Å²) in [6.07, 6.45) is 3.22. The molecule has 4 aromatic heterocycles. The Morgan fingerprint density at radius 2 is 2.03 bits per heavy atom. The third kappa shape index (κ3) is 3.08. The van der Waals surface area contributed by atoms with Crippen molar-refractivity contribution in [1.29, 1.82) is 0 Å². The van der Waals surface area contributed by atoms with Gasteiger partial charge in [-0.05, 0) is 36.1 Å². The number of methoxy groups -OCH3 is 1. The molecule has 1 N–H and O–H groups in total. The summed E-state index contributed by atoms with van der Waals surface area (Å²) in [5, 5.41) is 2.95. The van der Waals surface area contributed by atoms with E-state index in [0.29, 0.717) is 26.3 Å². The lowest BCUT2D eigenvalue weighted by Crippen LogP contribution is -2.33. The Morgan fingerprint density at radius 3 is 2.81 bits per heavy atom. The molecule has 0 amide bonds. The van der Waals surface area contributed by atoms with Gasteiger partial charge in [0.25, 0.3) is 5.56 Å². The van der Waals surface area contributed by atoms with Crippen LogP contribution in [0.5, 0.6) is 5.75 Å². The fourth-order valence-electron chi connectivity index (χ4n) is 3.53. The maximum absolute atomic E-state index is 13.9. The Bertz CT molecular complexity index is 1620. The number of halogens is 2. The van der Waals surface area contributed by atoms with E-state index in [1.54, 1.807) is 12.3 Å². The molecule has 0 aliphatic rings. The molecular weight excluding hydrogens is 461 g/mol. The molecular formula is C21H13ClFN3O3S2. The molecule has 0 fully saturated rings. The van der Waals surface area contributed by atoms with E-state index in [1.807, 2.05) is 12.3 Å². The number of hydrogen-bond donors (Lipinski definition) is 1. The molecule has 0 bridgehead atoms. The van der Waals surface area contributed by atoms with Crippen molar-refractivity contribution in [3.63, 3.8) is 0 Å². The van der Waals surface area contributed by atoms with Crippen LogP contribution >= 0.6 is 34.3 Å². The van der Waals surface area contributed by atoms with Crippen LogP contribution in [0, 0.1) is 12.7 Å².